The topological polar surface area (TPSA) is 43.8 Å². The molecule has 0 amide bonds. The van der Waals surface area contributed by atoms with Gasteiger partial charge in [-0.15, -0.1) is 0 Å². The summed E-state index contributed by atoms with van der Waals surface area (Å²) in [6.45, 7) is 5.60. The minimum Gasteiger partial charge on any atom is -0.326 e. The fourth-order valence-electron chi connectivity index (χ4n) is 2.27. The van der Waals surface area contributed by atoms with Crippen molar-refractivity contribution in [3.8, 4) is 0 Å². The molecule has 0 aliphatic carbocycles. The molecule has 1 aromatic heterocycles. The summed E-state index contributed by atoms with van der Waals surface area (Å²) in [4.78, 5) is 0. The van der Waals surface area contributed by atoms with Gasteiger partial charge in [-0.1, -0.05) is 23.7 Å². The zero-order chi connectivity index (χ0) is 14.2. The van der Waals surface area contributed by atoms with Gasteiger partial charge in [0.25, 0.3) is 0 Å². The largest absolute Gasteiger partial charge is 0.326 e. The second-order valence-corrected chi connectivity index (χ2v) is 5.17. The highest BCUT2D eigenvalue weighted by molar-refractivity contribution is 6.31. The molecule has 0 aliphatic rings. The van der Waals surface area contributed by atoms with Crippen LogP contribution in [0.25, 0.3) is 0 Å². The Balaban J connectivity index is 2.55. The van der Waals surface area contributed by atoms with Gasteiger partial charge in [0.2, 0.25) is 0 Å². The summed E-state index contributed by atoms with van der Waals surface area (Å²) in [6.07, 6.45) is 0. The van der Waals surface area contributed by atoms with Gasteiger partial charge in [0, 0.05) is 6.04 Å². The molecule has 2 atom stereocenters. The predicted molar refractivity (Wildman–Crippen MR) is 74.9 cm³/mol. The van der Waals surface area contributed by atoms with Crippen LogP contribution < -0.4 is 5.73 Å². The van der Waals surface area contributed by atoms with Gasteiger partial charge in [0.05, 0.1) is 22.5 Å². The van der Waals surface area contributed by atoms with E-state index in [0.29, 0.717) is 5.02 Å². The Morgan fingerprint density at radius 3 is 2.53 bits per heavy atom. The highest BCUT2D eigenvalue weighted by Gasteiger charge is 2.23. The molecule has 0 saturated heterocycles. The minimum atomic E-state index is -0.282. The van der Waals surface area contributed by atoms with Gasteiger partial charge in [-0.3, -0.25) is 4.68 Å². The van der Waals surface area contributed by atoms with Gasteiger partial charge in [-0.05, 0) is 38.5 Å². The first-order valence-corrected chi connectivity index (χ1v) is 6.52. The molecule has 0 fully saturated rings. The number of benzene rings is 1. The van der Waals surface area contributed by atoms with Crippen LogP contribution in [0.1, 0.15) is 29.9 Å². The lowest BCUT2D eigenvalue weighted by atomic mass is 10.0. The van der Waals surface area contributed by atoms with Gasteiger partial charge in [0.1, 0.15) is 5.82 Å². The Morgan fingerprint density at radius 1 is 1.37 bits per heavy atom. The number of nitrogens with zero attached hydrogens (tertiary/aromatic N) is 2. The summed E-state index contributed by atoms with van der Waals surface area (Å²) in [6, 6.07) is 5.97. The van der Waals surface area contributed by atoms with Crippen molar-refractivity contribution in [3.05, 3.63) is 52.1 Å². The number of rotatable bonds is 3. The van der Waals surface area contributed by atoms with Crippen LogP contribution in [0, 0.1) is 19.7 Å². The molecular formula is C14H17ClFN3. The van der Waals surface area contributed by atoms with Crippen LogP contribution in [-0.2, 0) is 0 Å². The Morgan fingerprint density at radius 2 is 2.05 bits per heavy atom. The van der Waals surface area contributed by atoms with E-state index in [4.69, 9.17) is 17.3 Å². The van der Waals surface area contributed by atoms with E-state index in [1.54, 1.807) is 10.7 Å². The molecule has 3 nitrogen and oxygen atoms in total. The molecule has 2 N–H and O–H groups in total. The first-order valence-electron chi connectivity index (χ1n) is 6.14. The van der Waals surface area contributed by atoms with E-state index in [0.717, 1.165) is 17.0 Å². The van der Waals surface area contributed by atoms with Crippen molar-refractivity contribution < 1.29 is 4.39 Å². The van der Waals surface area contributed by atoms with Crippen LogP contribution in [0.2, 0.25) is 5.02 Å². The maximum atomic E-state index is 13.4. The number of aromatic nitrogens is 2. The summed E-state index contributed by atoms with van der Waals surface area (Å²) < 4.78 is 15.2. The lowest BCUT2D eigenvalue weighted by Crippen LogP contribution is -2.31. The zero-order valence-electron chi connectivity index (χ0n) is 11.2. The molecule has 19 heavy (non-hydrogen) atoms. The molecule has 2 rings (SSSR count). The number of nitrogens with two attached hydrogens (primary N) is 1. The van der Waals surface area contributed by atoms with E-state index in [2.05, 4.69) is 5.10 Å². The quantitative estimate of drug-likeness (QED) is 0.939. The van der Waals surface area contributed by atoms with Crippen LogP contribution in [0.4, 0.5) is 4.39 Å². The normalized spacial score (nSPS) is 14.4. The molecule has 0 spiro atoms. The van der Waals surface area contributed by atoms with E-state index in [-0.39, 0.29) is 17.9 Å². The second kappa shape index (κ2) is 5.31. The molecule has 0 radical (unpaired) electrons. The van der Waals surface area contributed by atoms with Gasteiger partial charge in [-0.25, -0.2) is 4.39 Å². The molecule has 2 aromatic rings. The van der Waals surface area contributed by atoms with E-state index < -0.39 is 0 Å². The Hall–Kier alpha value is -1.39. The fourth-order valence-corrected chi connectivity index (χ4v) is 2.40. The molecule has 2 unspecified atom stereocenters. The smallest absolute Gasteiger partial charge is 0.123 e. The fraction of sp³-hybridized carbons (Fsp3) is 0.357. The number of aryl methyl sites for hydroxylation is 1. The molecule has 1 aromatic carbocycles. The maximum absolute atomic E-state index is 13.4. The minimum absolute atomic E-state index is 0.212. The second-order valence-electron chi connectivity index (χ2n) is 4.79. The van der Waals surface area contributed by atoms with Crippen molar-refractivity contribution in [2.75, 3.05) is 0 Å². The monoisotopic (exact) mass is 281 g/mol. The molecule has 102 valence electrons. The predicted octanol–water partition coefficient (Wildman–Crippen LogP) is 3.23. The van der Waals surface area contributed by atoms with Gasteiger partial charge in [-0.2, -0.15) is 5.10 Å². The van der Waals surface area contributed by atoms with E-state index in [1.165, 1.54) is 12.1 Å². The zero-order valence-corrected chi connectivity index (χ0v) is 11.9. The molecule has 1 heterocycles. The lowest BCUT2D eigenvalue weighted by Gasteiger charge is -2.23. The average Bonchev–Trinajstić information content (AvgIpc) is 2.57. The van der Waals surface area contributed by atoms with Crippen molar-refractivity contribution in [2.24, 2.45) is 5.73 Å². The summed E-state index contributed by atoms with van der Waals surface area (Å²) >= 11 is 6.17. The number of halogens is 2. The molecule has 0 saturated carbocycles. The Labute approximate surface area is 117 Å². The Kier molecular flexibility index (Phi) is 3.92. The third kappa shape index (κ3) is 2.65. The highest BCUT2D eigenvalue weighted by atomic mass is 35.5. The van der Waals surface area contributed by atoms with Gasteiger partial charge >= 0.3 is 0 Å². The molecule has 0 aliphatic heterocycles. The summed E-state index contributed by atoms with van der Waals surface area (Å²) in [5.74, 6) is -0.282. The van der Waals surface area contributed by atoms with Crippen molar-refractivity contribution >= 4 is 11.6 Å². The maximum Gasteiger partial charge on any atom is 0.123 e. The SMILES string of the molecule is Cc1nn(C(c2cccc(F)c2)C(C)N)c(C)c1Cl. The first-order chi connectivity index (χ1) is 8.91. The van der Waals surface area contributed by atoms with E-state index >= 15 is 0 Å². The molecule has 0 bridgehead atoms. The number of hydrogen-bond donors (Lipinski definition) is 1. The van der Waals surface area contributed by atoms with Crippen molar-refractivity contribution in [1.29, 1.82) is 0 Å². The lowest BCUT2D eigenvalue weighted by molar-refractivity contribution is 0.441. The molecule has 5 heteroatoms. The summed E-state index contributed by atoms with van der Waals surface area (Å²) in [5.41, 5.74) is 8.43. The van der Waals surface area contributed by atoms with Crippen LogP contribution >= 0.6 is 11.6 Å². The summed E-state index contributed by atoms with van der Waals surface area (Å²) in [5, 5.41) is 5.05. The van der Waals surface area contributed by atoms with Gasteiger partial charge in [0.15, 0.2) is 0 Å². The average molecular weight is 282 g/mol. The summed E-state index contributed by atoms with van der Waals surface area (Å²) in [7, 11) is 0. The standard InChI is InChI=1S/C14H17ClFN3/c1-8(17)14(11-5-4-6-12(16)7-11)19-10(3)13(15)9(2)18-19/h4-8,14H,17H2,1-3H3. The van der Waals surface area contributed by atoms with Crippen LogP contribution in [-0.4, -0.2) is 15.8 Å². The number of hydrogen-bond acceptors (Lipinski definition) is 2. The van der Waals surface area contributed by atoms with E-state index in [9.17, 15) is 4.39 Å². The van der Waals surface area contributed by atoms with Crippen molar-refractivity contribution in [2.45, 2.75) is 32.9 Å². The Bertz CT molecular complexity index is 592. The van der Waals surface area contributed by atoms with Crippen LogP contribution in [0.15, 0.2) is 24.3 Å². The molecular weight excluding hydrogens is 265 g/mol. The van der Waals surface area contributed by atoms with Crippen LogP contribution in [0.5, 0.6) is 0 Å². The van der Waals surface area contributed by atoms with Gasteiger partial charge < -0.3 is 5.73 Å². The van der Waals surface area contributed by atoms with E-state index in [1.807, 2.05) is 26.8 Å². The third-order valence-electron chi connectivity index (χ3n) is 3.19. The first kappa shape index (κ1) is 14.0. The highest BCUT2D eigenvalue weighted by Crippen LogP contribution is 2.28. The van der Waals surface area contributed by atoms with Crippen molar-refractivity contribution in [3.63, 3.8) is 0 Å². The third-order valence-corrected chi connectivity index (χ3v) is 3.74. The van der Waals surface area contributed by atoms with Crippen LogP contribution in [0.3, 0.4) is 0 Å². The van der Waals surface area contributed by atoms with Crippen molar-refractivity contribution in [1.82, 2.24) is 9.78 Å².